The first-order chi connectivity index (χ1) is 12.7. The van der Waals surface area contributed by atoms with Crippen molar-refractivity contribution in [3.05, 3.63) is 45.4 Å². The second-order valence-corrected chi connectivity index (χ2v) is 8.83. The van der Waals surface area contributed by atoms with Crippen LogP contribution in [0.1, 0.15) is 15.0 Å². The number of benzene rings is 1. The molecule has 0 fully saturated rings. The molecule has 0 radical (unpaired) electrons. The third kappa shape index (κ3) is 6.04. The number of amides is 2. The van der Waals surface area contributed by atoms with Gasteiger partial charge in [-0.3, -0.25) is 5.32 Å². The predicted molar refractivity (Wildman–Crippen MR) is 108 cm³/mol. The highest BCUT2D eigenvalue weighted by molar-refractivity contribution is 7.99. The average molecular weight is 407 g/mol. The van der Waals surface area contributed by atoms with Gasteiger partial charge in [0.15, 0.2) is 0 Å². The van der Waals surface area contributed by atoms with Crippen LogP contribution < -0.4 is 10.6 Å². The maximum atomic E-state index is 11.9. The summed E-state index contributed by atoms with van der Waals surface area (Å²) in [7, 11) is 0. The first kappa shape index (κ1) is 18.7. The van der Waals surface area contributed by atoms with Crippen molar-refractivity contribution >= 4 is 51.3 Å². The minimum atomic E-state index is -0.319. The summed E-state index contributed by atoms with van der Waals surface area (Å²) in [6.45, 7) is 1.97. The second kappa shape index (κ2) is 9.60. The van der Waals surface area contributed by atoms with Gasteiger partial charge in [-0.25, -0.2) is 4.79 Å². The molecule has 136 valence electrons. The van der Waals surface area contributed by atoms with E-state index in [0.717, 1.165) is 45.1 Å². The SMILES string of the molecule is Cc1nnc(CCSCCc2nnc(NC(=O)Nc3ccccc3)s2)s1. The van der Waals surface area contributed by atoms with Crippen molar-refractivity contribution in [1.29, 1.82) is 0 Å². The Kier molecular flexibility index (Phi) is 6.92. The van der Waals surface area contributed by atoms with Gasteiger partial charge in [0, 0.05) is 18.5 Å². The van der Waals surface area contributed by atoms with Gasteiger partial charge >= 0.3 is 6.03 Å². The number of aromatic nitrogens is 4. The quantitative estimate of drug-likeness (QED) is 0.552. The number of thioether (sulfide) groups is 1. The molecule has 0 atom stereocenters. The fourth-order valence-electron chi connectivity index (χ4n) is 2.05. The number of rotatable bonds is 8. The van der Waals surface area contributed by atoms with Gasteiger partial charge in [0.05, 0.1) is 0 Å². The van der Waals surface area contributed by atoms with E-state index in [-0.39, 0.29) is 6.03 Å². The van der Waals surface area contributed by atoms with E-state index in [2.05, 4.69) is 31.0 Å². The highest BCUT2D eigenvalue weighted by atomic mass is 32.2. The Morgan fingerprint density at radius 2 is 1.65 bits per heavy atom. The Bertz CT molecular complexity index is 835. The molecular weight excluding hydrogens is 388 g/mol. The molecule has 0 spiro atoms. The van der Waals surface area contributed by atoms with Gasteiger partial charge < -0.3 is 5.32 Å². The van der Waals surface area contributed by atoms with Crippen LogP contribution in [0.2, 0.25) is 0 Å². The molecule has 2 amide bonds. The zero-order valence-electron chi connectivity index (χ0n) is 14.1. The minimum Gasteiger partial charge on any atom is -0.308 e. The van der Waals surface area contributed by atoms with Gasteiger partial charge in [-0.15, -0.1) is 31.7 Å². The average Bonchev–Trinajstić information content (AvgIpc) is 3.24. The number of para-hydroxylation sites is 1. The zero-order valence-corrected chi connectivity index (χ0v) is 16.6. The molecule has 3 rings (SSSR count). The summed E-state index contributed by atoms with van der Waals surface area (Å²) in [5.74, 6) is 1.97. The smallest absolute Gasteiger partial charge is 0.308 e. The summed E-state index contributed by atoms with van der Waals surface area (Å²) in [6, 6.07) is 8.95. The summed E-state index contributed by atoms with van der Waals surface area (Å²) < 4.78 is 0. The van der Waals surface area contributed by atoms with Crippen molar-refractivity contribution < 1.29 is 4.79 Å². The monoisotopic (exact) mass is 406 g/mol. The Balaban J connectivity index is 1.35. The minimum absolute atomic E-state index is 0.319. The topological polar surface area (TPSA) is 92.7 Å². The third-order valence-corrected chi connectivity index (χ3v) is 5.99. The predicted octanol–water partition coefficient (Wildman–Crippen LogP) is 3.86. The van der Waals surface area contributed by atoms with Crippen LogP contribution in [0.4, 0.5) is 15.6 Å². The molecule has 7 nitrogen and oxygen atoms in total. The van der Waals surface area contributed by atoms with E-state index < -0.39 is 0 Å². The summed E-state index contributed by atoms with van der Waals surface area (Å²) in [5, 5.41) is 25.3. The van der Waals surface area contributed by atoms with E-state index in [0.29, 0.717) is 5.13 Å². The van der Waals surface area contributed by atoms with E-state index in [1.807, 2.05) is 49.0 Å². The summed E-state index contributed by atoms with van der Waals surface area (Å²) >= 11 is 4.91. The van der Waals surface area contributed by atoms with Crippen LogP contribution >= 0.6 is 34.4 Å². The van der Waals surface area contributed by atoms with Crippen LogP contribution in [0.5, 0.6) is 0 Å². The first-order valence-electron chi connectivity index (χ1n) is 8.01. The molecule has 10 heteroatoms. The van der Waals surface area contributed by atoms with E-state index in [9.17, 15) is 4.79 Å². The summed E-state index contributed by atoms with van der Waals surface area (Å²) in [4.78, 5) is 11.9. The lowest BCUT2D eigenvalue weighted by atomic mass is 10.3. The number of carbonyl (C=O) groups excluding carboxylic acids is 1. The zero-order chi connectivity index (χ0) is 18.2. The molecule has 2 heterocycles. The number of urea groups is 1. The van der Waals surface area contributed by atoms with E-state index in [4.69, 9.17) is 0 Å². The Labute approximate surface area is 163 Å². The molecule has 26 heavy (non-hydrogen) atoms. The number of nitrogens with one attached hydrogen (secondary N) is 2. The van der Waals surface area contributed by atoms with Crippen molar-refractivity contribution in [2.75, 3.05) is 22.1 Å². The molecule has 0 bridgehead atoms. The standard InChI is InChI=1S/C16H18N6OS3/c1-11-19-20-13(25-11)7-9-24-10-8-14-21-22-16(26-14)18-15(23)17-12-5-3-2-4-6-12/h2-6H,7-10H2,1H3,(H2,17,18,22,23). The molecule has 2 aromatic heterocycles. The van der Waals surface area contributed by atoms with Crippen LogP contribution in [0.3, 0.4) is 0 Å². The molecule has 1 aromatic carbocycles. The van der Waals surface area contributed by atoms with E-state index in [1.165, 1.54) is 11.3 Å². The molecular formula is C16H18N6OS3. The summed E-state index contributed by atoms with van der Waals surface area (Å²) in [6.07, 6.45) is 1.78. The van der Waals surface area contributed by atoms with Crippen LogP contribution in [-0.2, 0) is 12.8 Å². The highest BCUT2D eigenvalue weighted by Crippen LogP contribution is 2.18. The largest absolute Gasteiger partial charge is 0.325 e. The van der Waals surface area contributed by atoms with Gasteiger partial charge in [0.25, 0.3) is 0 Å². The van der Waals surface area contributed by atoms with E-state index >= 15 is 0 Å². The third-order valence-electron chi connectivity index (χ3n) is 3.21. The van der Waals surface area contributed by atoms with Crippen molar-refractivity contribution in [3.63, 3.8) is 0 Å². The van der Waals surface area contributed by atoms with Crippen LogP contribution in [0.15, 0.2) is 30.3 Å². The van der Waals surface area contributed by atoms with Crippen molar-refractivity contribution in [2.24, 2.45) is 0 Å². The lowest BCUT2D eigenvalue weighted by Gasteiger charge is -2.03. The van der Waals surface area contributed by atoms with Crippen LogP contribution in [0, 0.1) is 6.92 Å². The molecule has 0 unspecified atom stereocenters. The fourth-order valence-corrected chi connectivity index (χ4v) is 4.63. The Hall–Kier alpha value is -2.04. The summed E-state index contributed by atoms with van der Waals surface area (Å²) in [5.41, 5.74) is 0.733. The molecule has 3 aromatic rings. The number of nitrogens with zero attached hydrogens (tertiary/aromatic N) is 4. The van der Waals surface area contributed by atoms with Gasteiger partial charge in [0.1, 0.15) is 15.0 Å². The van der Waals surface area contributed by atoms with Crippen molar-refractivity contribution in [1.82, 2.24) is 20.4 Å². The fraction of sp³-hybridized carbons (Fsp3) is 0.312. The maximum Gasteiger partial charge on any atom is 0.325 e. The maximum absolute atomic E-state index is 11.9. The number of hydrogen-bond acceptors (Lipinski definition) is 8. The lowest BCUT2D eigenvalue weighted by Crippen LogP contribution is -2.19. The first-order valence-corrected chi connectivity index (χ1v) is 10.8. The van der Waals surface area contributed by atoms with Gasteiger partial charge in [-0.1, -0.05) is 29.5 Å². The van der Waals surface area contributed by atoms with Crippen molar-refractivity contribution in [2.45, 2.75) is 19.8 Å². The van der Waals surface area contributed by atoms with Gasteiger partial charge in [-0.2, -0.15) is 11.8 Å². The highest BCUT2D eigenvalue weighted by Gasteiger charge is 2.08. The molecule has 2 N–H and O–H groups in total. The Morgan fingerprint density at radius 1 is 0.962 bits per heavy atom. The number of aryl methyl sites for hydroxylation is 3. The van der Waals surface area contributed by atoms with Crippen molar-refractivity contribution in [3.8, 4) is 0 Å². The number of carbonyl (C=O) groups is 1. The number of anilines is 2. The van der Waals surface area contributed by atoms with Gasteiger partial charge in [0.2, 0.25) is 5.13 Å². The second-order valence-electron chi connectivity index (χ2n) is 5.27. The normalized spacial score (nSPS) is 10.7. The molecule has 0 aliphatic heterocycles. The van der Waals surface area contributed by atoms with Gasteiger partial charge in [-0.05, 0) is 30.6 Å². The lowest BCUT2D eigenvalue weighted by molar-refractivity contribution is 0.262. The molecule has 0 saturated heterocycles. The van der Waals surface area contributed by atoms with Crippen LogP contribution in [0.25, 0.3) is 0 Å². The Morgan fingerprint density at radius 3 is 2.35 bits per heavy atom. The number of hydrogen-bond donors (Lipinski definition) is 2. The molecule has 0 aliphatic rings. The molecule has 0 saturated carbocycles. The van der Waals surface area contributed by atoms with E-state index in [1.54, 1.807) is 11.3 Å². The molecule has 0 aliphatic carbocycles. The van der Waals surface area contributed by atoms with Crippen LogP contribution in [-0.4, -0.2) is 37.9 Å².